The van der Waals surface area contributed by atoms with E-state index in [-0.39, 0.29) is 41.4 Å². The van der Waals surface area contributed by atoms with E-state index in [0.717, 1.165) is 0 Å². The summed E-state index contributed by atoms with van der Waals surface area (Å²) >= 11 is 0. The first-order valence-electron chi connectivity index (χ1n) is 11.4. The summed E-state index contributed by atoms with van der Waals surface area (Å²) in [5.41, 5.74) is -2.16. The van der Waals surface area contributed by atoms with Crippen LogP contribution in [-0.2, 0) is 20.7 Å². The molecule has 3 aliphatic rings. The Bertz CT molecular complexity index is 1280. The maximum Gasteiger partial charge on any atom is 0.328 e. The third-order valence-corrected chi connectivity index (χ3v) is 6.67. The van der Waals surface area contributed by atoms with Crippen molar-refractivity contribution in [1.29, 1.82) is 0 Å². The summed E-state index contributed by atoms with van der Waals surface area (Å²) in [5, 5.41) is 11.1. The van der Waals surface area contributed by atoms with E-state index < -0.39 is 52.7 Å². The van der Waals surface area contributed by atoms with Gasteiger partial charge in [0.1, 0.15) is 0 Å². The van der Waals surface area contributed by atoms with Crippen molar-refractivity contribution in [2.75, 3.05) is 11.4 Å². The fourth-order valence-corrected chi connectivity index (χ4v) is 5.51. The third-order valence-electron chi connectivity index (χ3n) is 6.67. The van der Waals surface area contributed by atoms with Crippen molar-refractivity contribution in [3.8, 4) is 0 Å². The number of barbiturate groups is 1. The molecule has 3 atom stereocenters. The van der Waals surface area contributed by atoms with Crippen LogP contribution >= 0.6 is 0 Å². The molecule has 3 N–H and O–H groups in total. The second kappa shape index (κ2) is 7.48. The maximum absolute atomic E-state index is 16.0. The second-order valence-electron chi connectivity index (χ2n) is 10.4. The van der Waals surface area contributed by atoms with Crippen molar-refractivity contribution >= 4 is 40.4 Å². The largest absolute Gasteiger partial charge is 0.372 e. The third kappa shape index (κ3) is 3.38. The van der Waals surface area contributed by atoms with Crippen molar-refractivity contribution < 1.29 is 32.8 Å². The van der Waals surface area contributed by atoms with Crippen LogP contribution in [0, 0.1) is 11.2 Å². The fraction of sp³-hybridized carbons (Fsp3) is 0.522. The first-order chi connectivity index (χ1) is 16.3. The molecular weight excluding hydrogens is 461 g/mol. The number of carbonyl (C=O) groups is 4. The molecule has 0 aliphatic carbocycles. The van der Waals surface area contributed by atoms with E-state index in [0.29, 0.717) is 5.56 Å². The Labute approximate surface area is 199 Å². The minimum Gasteiger partial charge on any atom is -0.372 e. The normalized spacial score (nSPS) is 25.7. The highest BCUT2D eigenvalue weighted by Gasteiger charge is 2.63. The Morgan fingerprint density at radius 1 is 1.23 bits per heavy atom. The fourth-order valence-electron chi connectivity index (χ4n) is 5.51. The molecule has 0 saturated carbocycles. The average Bonchev–Trinajstić information content (AvgIpc) is 3.14. The lowest BCUT2D eigenvalue weighted by molar-refractivity contribution is -0.153. The van der Waals surface area contributed by atoms with E-state index in [4.69, 9.17) is 9.26 Å². The monoisotopic (exact) mass is 487 g/mol. The molecule has 3 aliphatic heterocycles. The molecule has 0 bridgehead atoms. The van der Waals surface area contributed by atoms with Gasteiger partial charge in [0.05, 0.1) is 29.3 Å². The molecule has 5 amide bonds. The van der Waals surface area contributed by atoms with Crippen LogP contribution in [0.2, 0.25) is 0 Å². The molecule has 35 heavy (non-hydrogen) atoms. The molecule has 1 aromatic heterocycles. The Hall–Kier alpha value is -3.54. The molecule has 2 saturated heterocycles. The number of benzene rings is 1. The lowest BCUT2D eigenvalue weighted by Crippen LogP contribution is -2.75. The summed E-state index contributed by atoms with van der Waals surface area (Å²) in [7, 11) is 0. The molecule has 1 spiro atoms. The van der Waals surface area contributed by atoms with Gasteiger partial charge in [0, 0.05) is 18.5 Å². The number of rotatable bonds is 1. The summed E-state index contributed by atoms with van der Waals surface area (Å²) in [6.07, 6.45) is -1.19. The van der Waals surface area contributed by atoms with Gasteiger partial charge < -0.3 is 19.5 Å². The van der Waals surface area contributed by atoms with E-state index in [1.165, 1.54) is 6.07 Å². The van der Waals surface area contributed by atoms with Crippen LogP contribution < -0.4 is 20.9 Å². The zero-order valence-corrected chi connectivity index (χ0v) is 19.9. The lowest BCUT2D eigenvalue weighted by atomic mass is 9.66. The highest BCUT2D eigenvalue weighted by Crippen LogP contribution is 2.49. The van der Waals surface area contributed by atoms with Crippen LogP contribution in [0.5, 0.6) is 0 Å². The van der Waals surface area contributed by atoms with Gasteiger partial charge in [-0.15, -0.1) is 0 Å². The van der Waals surface area contributed by atoms with Crippen molar-refractivity contribution in [3.05, 3.63) is 23.1 Å². The smallest absolute Gasteiger partial charge is 0.328 e. The standard InChI is InChI=1S/C23H26FN5O6/c1-9-8-29-15-11(6-12-14(18(30)27-22(3,4)5)28-35-16(12)13(15)24)7-23(17(29)10(2)34-9)19(31)25-21(33)26-20(23)32/h6,9-10,17H,7-8H2,1-5H3,(H,27,30)(H2,25,26,31,32,33)/t9-,10+,17-/m1/s1. The SMILES string of the molecule is C[C@@H]1CN2c3c(cc4c(C(=O)NC(C)(C)C)noc4c3F)CC3(C(=O)NC(=O)NC3=O)[C@H]2[C@H](C)O1. The molecule has 11 nitrogen and oxygen atoms in total. The van der Waals surface area contributed by atoms with E-state index in [2.05, 4.69) is 21.1 Å². The summed E-state index contributed by atoms with van der Waals surface area (Å²) in [6, 6.07) is -0.276. The molecule has 0 radical (unpaired) electrons. The number of amides is 5. The van der Waals surface area contributed by atoms with E-state index >= 15 is 4.39 Å². The number of carbonyl (C=O) groups excluding carboxylic acids is 4. The molecule has 5 rings (SSSR count). The maximum atomic E-state index is 16.0. The zero-order valence-electron chi connectivity index (χ0n) is 19.9. The van der Waals surface area contributed by atoms with E-state index in [1.807, 2.05) is 0 Å². The molecule has 2 aromatic rings. The van der Waals surface area contributed by atoms with Crippen LogP contribution in [0.3, 0.4) is 0 Å². The lowest BCUT2D eigenvalue weighted by Gasteiger charge is -2.55. The van der Waals surface area contributed by atoms with Crippen LogP contribution in [0.1, 0.15) is 50.7 Å². The van der Waals surface area contributed by atoms with Gasteiger partial charge in [-0.05, 0) is 46.2 Å². The van der Waals surface area contributed by atoms with Gasteiger partial charge in [0.2, 0.25) is 17.4 Å². The summed E-state index contributed by atoms with van der Waals surface area (Å²) in [6.45, 7) is 9.08. The minimum atomic E-state index is -1.76. The number of anilines is 1. The first-order valence-corrected chi connectivity index (χ1v) is 11.4. The second-order valence-corrected chi connectivity index (χ2v) is 10.4. The van der Waals surface area contributed by atoms with Crippen LogP contribution in [0.15, 0.2) is 10.6 Å². The minimum absolute atomic E-state index is 0.107. The quantitative estimate of drug-likeness (QED) is 0.512. The number of halogens is 1. The van der Waals surface area contributed by atoms with Gasteiger partial charge in [-0.2, -0.15) is 0 Å². The molecule has 186 valence electrons. The molecule has 12 heteroatoms. The van der Waals surface area contributed by atoms with Gasteiger partial charge >= 0.3 is 6.03 Å². The molecule has 4 heterocycles. The highest BCUT2D eigenvalue weighted by atomic mass is 19.1. The summed E-state index contributed by atoms with van der Waals surface area (Å²) in [5.74, 6) is -2.86. The van der Waals surface area contributed by atoms with Crippen LogP contribution in [0.25, 0.3) is 11.0 Å². The number of hydrogen-bond acceptors (Lipinski definition) is 8. The van der Waals surface area contributed by atoms with Gasteiger partial charge in [0.25, 0.3) is 5.91 Å². The number of morpholine rings is 1. The average molecular weight is 487 g/mol. The van der Waals surface area contributed by atoms with Crippen molar-refractivity contribution in [2.45, 2.75) is 64.8 Å². The van der Waals surface area contributed by atoms with Gasteiger partial charge in [-0.1, -0.05) is 5.16 Å². The topological polar surface area (TPSA) is 143 Å². The molecule has 0 unspecified atom stereocenters. The first kappa shape index (κ1) is 23.2. The summed E-state index contributed by atoms with van der Waals surface area (Å²) in [4.78, 5) is 52.8. The highest BCUT2D eigenvalue weighted by molar-refractivity contribution is 6.20. The van der Waals surface area contributed by atoms with Crippen molar-refractivity contribution in [1.82, 2.24) is 21.1 Å². The van der Waals surface area contributed by atoms with Crippen LogP contribution in [0.4, 0.5) is 14.9 Å². The predicted molar refractivity (Wildman–Crippen MR) is 120 cm³/mol. The number of aromatic nitrogens is 1. The number of urea groups is 1. The van der Waals surface area contributed by atoms with Gasteiger partial charge in [0.15, 0.2) is 16.9 Å². The van der Waals surface area contributed by atoms with Crippen LogP contribution in [-0.4, -0.2) is 59.2 Å². The number of fused-ring (bicyclic) bond motifs is 5. The van der Waals surface area contributed by atoms with Crippen molar-refractivity contribution in [2.24, 2.45) is 5.41 Å². The Morgan fingerprint density at radius 3 is 2.51 bits per heavy atom. The van der Waals surface area contributed by atoms with E-state index in [9.17, 15) is 19.2 Å². The Kier molecular flexibility index (Phi) is 4.96. The number of hydrogen-bond donors (Lipinski definition) is 3. The zero-order chi connectivity index (χ0) is 25.4. The van der Waals surface area contributed by atoms with Gasteiger partial charge in [-0.3, -0.25) is 25.0 Å². The van der Waals surface area contributed by atoms with Crippen molar-refractivity contribution in [3.63, 3.8) is 0 Å². The number of nitrogens with zero attached hydrogens (tertiary/aromatic N) is 2. The molecule has 2 fully saturated rings. The predicted octanol–water partition coefficient (Wildman–Crippen LogP) is 1.39. The van der Waals surface area contributed by atoms with Gasteiger partial charge in [-0.25, -0.2) is 9.18 Å². The summed E-state index contributed by atoms with van der Waals surface area (Å²) < 4.78 is 27.2. The van der Waals surface area contributed by atoms with E-state index in [1.54, 1.807) is 39.5 Å². The number of nitrogens with one attached hydrogen (secondary N) is 3. The number of imide groups is 2. The molecular formula is C23H26FN5O6. The Balaban J connectivity index is 1.72. The molecule has 1 aromatic carbocycles. The Morgan fingerprint density at radius 2 is 1.89 bits per heavy atom. The number of ether oxygens (including phenoxy) is 1.